The third-order valence-corrected chi connectivity index (χ3v) is 26.1. The maximum atomic E-state index is 12.5. The number of nitro benzene ring substituents is 1. The van der Waals surface area contributed by atoms with E-state index in [1.54, 1.807) is 12.1 Å². The number of nitrogen functional groups attached to an aromatic ring is 1. The number of amides is 4. The number of nitro groups is 1. The number of nitrogens with two attached hydrogens (primary N) is 2. The van der Waals surface area contributed by atoms with Crippen LogP contribution in [-0.2, 0) is 142 Å². The summed E-state index contributed by atoms with van der Waals surface area (Å²) in [6.07, 6.45) is 22.9. The molecule has 34 heteroatoms. The molecule has 622 valence electrons. The Balaban J connectivity index is 0.000000126. The molecule has 10 aliphatic rings. The average Bonchev–Trinajstić information content (AvgIpc) is 1.56. The van der Waals surface area contributed by atoms with Gasteiger partial charge in [-0.25, -0.2) is 37.4 Å². The third kappa shape index (κ3) is 17.5. The number of hydrogen-bond donors (Lipinski definition) is 10. The molecule has 0 fully saturated rings. The van der Waals surface area contributed by atoms with Crippen LogP contribution in [0.3, 0.4) is 0 Å². The summed E-state index contributed by atoms with van der Waals surface area (Å²) in [6, 6.07) is 11.9. The fourth-order valence-corrected chi connectivity index (χ4v) is 19.3. The second kappa shape index (κ2) is 32.8. The highest BCUT2D eigenvalue weighted by atomic mass is 32.2. The second-order valence-electron chi connectivity index (χ2n) is 32.4. The quantitative estimate of drug-likeness (QED) is 0.0178. The number of furan rings is 3. The number of sulfonamides is 3. The molecule has 0 spiro atoms. The number of Topliss-reactive ketones (excluding diaryl/α,β-unsaturated/α-hetero) is 5. The molecule has 3 aromatic heterocycles. The van der Waals surface area contributed by atoms with Crippen molar-refractivity contribution in [2.75, 3.05) is 16.4 Å². The van der Waals surface area contributed by atoms with Crippen molar-refractivity contribution in [1.29, 1.82) is 0 Å². The van der Waals surface area contributed by atoms with Gasteiger partial charge in [-0.15, -0.1) is 0 Å². The van der Waals surface area contributed by atoms with Gasteiger partial charge < -0.3 is 50.0 Å². The Labute approximate surface area is 679 Å². The standard InChI is InChI=1S/C20H24N2O6S.C20H22N2O6S.C13H11NO2.C12H9NO4.C12H13NO.C7H11NO4S/c2*1-20(2,25)13-9-16(28-10-13)29(26,27)22-19(24)21-18-14-5-3-4-11(14)8-12-6-7-15(23)17(12)18;15-7-14-13-10-3-1-2-8(10)6-9-4-5-11(16)12(9)13;14-8-3-1-6-5-7-2-4-9(15)11(7)12(10(6)8)13(16)17;13-12-9-3-1-2-7(9)6-8-4-5-10(14)11(8)12;1-7(2,9)5-3-6(12-4-5)13(8,10)11/h8-10,15,23,25H,3-7H2,1-2H3,(H2,21,22,24);8-10,25H,3-7H2,1-2H3,(H2,21,22,24);6H,1-5H2;5H,1-4H2;6H,1-5,13H2;3-4,9H,1-2H3,(H2,8,10,11). The van der Waals surface area contributed by atoms with Crippen LogP contribution in [0.25, 0.3) is 0 Å². The molecule has 0 bridgehead atoms. The number of urea groups is 2. The number of primary sulfonamides is 1. The van der Waals surface area contributed by atoms with Gasteiger partial charge in [0, 0.05) is 94.9 Å². The Hall–Kier alpha value is -10.9. The van der Waals surface area contributed by atoms with Crippen LogP contribution in [0.2, 0.25) is 0 Å². The summed E-state index contributed by atoms with van der Waals surface area (Å²) in [6.45, 7) is 9.01. The number of aliphatic imine (C=N–C) groups is 1. The highest BCUT2D eigenvalue weighted by Gasteiger charge is 2.40. The molecular weight excluding hydrogens is 1590 g/mol. The molecule has 0 saturated heterocycles. The minimum atomic E-state index is -4.29. The number of benzene rings is 5. The number of ketones is 5. The smallest absolute Gasteiger partial charge is 0.333 e. The molecule has 8 aromatic rings. The summed E-state index contributed by atoms with van der Waals surface area (Å²) in [7, 11) is -12.4. The molecule has 4 amide bonds. The third-order valence-electron chi connectivity index (χ3n) is 22.9. The van der Waals surface area contributed by atoms with E-state index in [-0.39, 0.29) is 61.9 Å². The van der Waals surface area contributed by atoms with Gasteiger partial charge >= 0.3 is 12.1 Å². The molecule has 12 N–H and O–H groups in total. The zero-order valence-electron chi connectivity index (χ0n) is 65.7. The SMILES string of the molecule is CC(C)(O)c1coc(S(=O)(=O)NC(=O)Nc2c3c(cc4c2C(=O)CC4)CCC3)c1.CC(C)(O)c1coc(S(=O)(=O)NC(=O)Nc2c3c(cc4c2C(O)CC4)CCC3)c1.CC(C)(O)c1coc(S(N)(=O)=O)c1.Nc1c2c(cc3c1C(=O)CC3)CCC2.O=C1CCc2cc3c(c([N+](=O)[O-])c21)C(=O)CC3.O=C=Nc1c2c(cc3c1C(=O)CC3)CCC2. The van der Waals surface area contributed by atoms with Crippen molar-refractivity contribution in [3.05, 3.63) is 205 Å². The number of nitrogens with one attached hydrogen (secondary N) is 4. The molecule has 1 unspecified atom stereocenters. The Kier molecular flexibility index (Phi) is 23.6. The number of fused-ring (bicyclic) bond motifs is 10. The van der Waals surface area contributed by atoms with Crippen LogP contribution in [0.1, 0.15) is 264 Å². The molecule has 18 rings (SSSR count). The number of aliphatic hydroxyl groups is 4. The molecule has 10 aliphatic carbocycles. The van der Waals surface area contributed by atoms with E-state index in [1.165, 1.54) is 88.6 Å². The number of aliphatic hydroxyl groups excluding tert-OH is 1. The average molecular weight is 1680 g/mol. The van der Waals surface area contributed by atoms with Crippen molar-refractivity contribution >= 4 is 106 Å². The predicted octanol–water partition coefficient (Wildman–Crippen LogP) is 11.3. The maximum absolute atomic E-state index is 12.5. The Bertz CT molecular complexity index is 5940. The number of carbonyl (C=O) groups excluding carboxylic acids is 8. The van der Waals surface area contributed by atoms with Gasteiger partial charge in [-0.2, -0.15) is 21.8 Å². The van der Waals surface area contributed by atoms with E-state index in [9.17, 15) is 94.2 Å². The molecule has 0 aliphatic heterocycles. The highest BCUT2D eigenvalue weighted by molar-refractivity contribution is 7.90. The summed E-state index contributed by atoms with van der Waals surface area (Å²) < 4.78 is 90.2. The van der Waals surface area contributed by atoms with Crippen molar-refractivity contribution < 1.29 is 102 Å². The van der Waals surface area contributed by atoms with Gasteiger partial charge in [-0.05, 0) is 241 Å². The molecule has 3 heterocycles. The van der Waals surface area contributed by atoms with Crippen LogP contribution in [0.15, 0.2) is 101 Å². The fraction of sp³-hybridized carbons (Fsp3) is 0.405. The highest BCUT2D eigenvalue weighted by Crippen LogP contribution is 2.46. The monoisotopic (exact) mass is 1670 g/mol. The summed E-state index contributed by atoms with van der Waals surface area (Å²) in [5.41, 5.74) is 23.1. The number of nitrogens with zero attached hydrogens (tertiary/aromatic N) is 2. The lowest BCUT2D eigenvalue weighted by Gasteiger charge is -2.18. The molecule has 0 saturated carbocycles. The minimum Gasteiger partial charge on any atom is -0.451 e. The zero-order chi connectivity index (χ0) is 85.2. The van der Waals surface area contributed by atoms with Crippen LogP contribution in [0.5, 0.6) is 0 Å². The zero-order valence-corrected chi connectivity index (χ0v) is 68.2. The van der Waals surface area contributed by atoms with Crippen LogP contribution >= 0.6 is 0 Å². The lowest BCUT2D eigenvalue weighted by Crippen LogP contribution is -2.35. The molecule has 118 heavy (non-hydrogen) atoms. The van der Waals surface area contributed by atoms with Crippen LogP contribution in [0.4, 0.5) is 38.0 Å². The van der Waals surface area contributed by atoms with E-state index >= 15 is 0 Å². The second-order valence-corrected chi connectivity index (χ2v) is 37.1. The number of rotatable bonds is 12. The first-order chi connectivity index (χ1) is 55.5. The van der Waals surface area contributed by atoms with Crippen LogP contribution in [-0.4, -0.2) is 97.7 Å². The molecule has 0 radical (unpaired) electrons. The summed E-state index contributed by atoms with van der Waals surface area (Å²) in [5, 5.41) is 59.7. The molecule has 31 nitrogen and oxygen atoms in total. The minimum absolute atomic E-state index is 0.0475. The lowest BCUT2D eigenvalue weighted by atomic mass is 9.98. The van der Waals surface area contributed by atoms with Gasteiger partial charge in [0.15, 0.2) is 28.9 Å². The van der Waals surface area contributed by atoms with E-state index in [4.69, 9.17) is 19.7 Å². The van der Waals surface area contributed by atoms with E-state index in [0.717, 1.165) is 175 Å². The van der Waals surface area contributed by atoms with Crippen LogP contribution in [0, 0.1) is 10.1 Å². The number of carbonyl (C=O) groups is 7. The number of anilines is 3. The maximum Gasteiger partial charge on any atom is 0.333 e. The van der Waals surface area contributed by atoms with E-state index in [1.807, 2.05) is 15.5 Å². The number of isocyanates is 1. The first-order valence-electron chi connectivity index (χ1n) is 38.9. The molecule has 1 atom stereocenters. The lowest BCUT2D eigenvalue weighted by molar-refractivity contribution is -0.385. The first kappa shape index (κ1) is 85.0. The van der Waals surface area contributed by atoms with Gasteiger partial charge in [-0.3, -0.25) is 34.1 Å². The number of hydrogen-bond acceptors (Lipinski definition) is 25. The molecule has 5 aromatic carbocycles. The van der Waals surface area contributed by atoms with Crippen molar-refractivity contribution in [3.8, 4) is 0 Å². The Morgan fingerprint density at radius 3 is 1.25 bits per heavy atom. The van der Waals surface area contributed by atoms with Crippen molar-refractivity contribution in [2.24, 2.45) is 10.1 Å². The summed E-state index contributed by atoms with van der Waals surface area (Å²) in [5.74, 6) is -0.108. The summed E-state index contributed by atoms with van der Waals surface area (Å²) in [4.78, 5) is 109. The summed E-state index contributed by atoms with van der Waals surface area (Å²) >= 11 is 0. The van der Waals surface area contributed by atoms with Gasteiger partial charge in [0.25, 0.3) is 35.8 Å². The van der Waals surface area contributed by atoms with E-state index in [2.05, 4.69) is 38.2 Å². The van der Waals surface area contributed by atoms with Crippen molar-refractivity contribution in [3.63, 3.8) is 0 Å². The first-order valence-corrected chi connectivity index (χ1v) is 43.4. The predicted molar refractivity (Wildman–Crippen MR) is 428 cm³/mol. The fourth-order valence-electron chi connectivity index (χ4n) is 17.1. The largest absolute Gasteiger partial charge is 0.451 e. The van der Waals surface area contributed by atoms with E-state index in [0.29, 0.717) is 97.1 Å². The Morgan fingerprint density at radius 2 is 0.814 bits per heavy atom. The van der Waals surface area contributed by atoms with E-state index < -0.39 is 80.1 Å². The van der Waals surface area contributed by atoms with Crippen molar-refractivity contribution in [1.82, 2.24) is 9.44 Å². The van der Waals surface area contributed by atoms with Crippen LogP contribution < -0.4 is 31.0 Å². The van der Waals surface area contributed by atoms with Gasteiger partial charge in [0.2, 0.25) is 21.4 Å². The van der Waals surface area contributed by atoms with Gasteiger partial charge in [-0.1, -0.05) is 30.3 Å². The van der Waals surface area contributed by atoms with Crippen molar-refractivity contribution in [2.45, 2.75) is 234 Å². The van der Waals surface area contributed by atoms with Gasteiger partial charge in [0.1, 0.15) is 0 Å². The molecular formula is C84H90N8O23S3. The topological polar surface area (TPSA) is 515 Å². The normalized spacial score (nSPS) is 16.8. The van der Waals surface area contributed by atoms with Gasteiger partial charge in [0.05, 0.1) is 74.8 Å². The Morgan fingerprint density at radius 1 is 0.466 bits per heavy atom. The number of aryl methyl sites for hydroxylation is 10.